The standard InChI is InChI=1S/C19H12FNO4/c20-12-7-8-17(25-11-13-4-3-9-24-13)16(10-12)21-18(22)14-5-1-2-6-15(14)19(21)23/h1-10H,11H2. The predicted octanol–water partition coefficient (Wildman–Crippen LogP) is 3.80. The van der Waals surface area contributed by atoms with E-state index in [1.807, 2.05) is 0 Å². The zero-order valence-corrected chi connectivity index (χ0v) is 12.9. The minimum atomic E-state index is -0.572. The van der Waals surface area contributed by atoms with E-state index in [1.54, 1.807) is 36.4 Å². The predicted molar refractivity (Wildman–Crippen MR) is 87.0 cm³/mol. The average Bonchev–Trinajstić information content (AvgIpc) is 3.22. The molecule has 0 N–H and O–H groups in total. The summed E-state index contributed by atoms with van der Waals surface area (Å²) in [4.78, 5) is 26.2. The van der Waals surface area contributed by atoms with Gasteiger partial charge in [0.25, 0.3) is 11.8 Å². The van der Waals surface area contributed by atoms with E-state index in [2.05, 4.69) is 0 Å². The summed E-state index contributed by atoms with van der Waals surface area (Å²) < 4.78 is 24.6. The molecule has 5 nitrogen and oxygen atoms in total. The Balaban J connectivity index is 1.71. The zero-order valence-electron chi connectivity index (χ0n) is 12.9. The number of ether oxygens (including phenoxy) is 1. The summed E-state index contributed by atoms with van der Waals surface area (Å²) in [5.41, 5.74) is 0.639. The van der Waals surface area contributed by atoms with Crippen molar-refractivity contribution in [2.45, 2.75) is 6.61 Å². The molecule has 1 aliphatic heterocycles. The molecule has 2 heterocycles. The van der Waals surface area contributed by atoms with Crippen LogP contribution in [0.1, 0.15) is 26.5 Å². The van der Waals surface area contributed by atoms with Crippen molar-refractivity contribution in [1.29, 1.82) is 0 Å². The second-order valence-corrected chi connectivity index (χ2v) is 5.47. The Morgan fingerprint density at radius 1 is 0.960 bits per heavy atom. The highest BCUT2D eigenvalue weighted by Crippen LogP contribution is 2.35. The molecule has 3 aromatic rings. The largest absolute Gasteiger partial charge is 0.483 e. The topological polar surface area (TPSA) is 59.8 Å². The van der Waals surface area contributed by atoms with E-state index < -0.39 is 17.6 Å². The van der Waals surface area contributed by atoms with Crippen LogP contribution in [0, 0.1) is 5.82 Å². The number of carbonyl (C=O) groups excluding carboxylic acids is 2. The second kappa shape index (κ2) is 5.90. The molecule has 2 amide bonds. The van der Waals surface area contributed by atoms with Crippen molar-refractivity contribution in [3.8, 4) is 5.75 Å². The lowest BCUT2D eigenvalue weighted by Gasteiger charge is -2.18. The van der Waals surface area contributed by atoms with Crippen LogP contribution in [0.25, 0.3) is 0 Å². The first-order valence-corrected chi connectivity index (χ1v) is 7.57. The third kappa shape index (κ3) is 2.57. The third-order valence-electron chi connectivity index (χ3n) is 3.91. The van der Waals surface area contributed by atoms with Crippen LogP contribution in [0.2, 0.25) is 0 Å². The van der Waals surface area contributed by atoms with E-state index in [4.69, 9.17) is 9.15 Å². The van der Waals surface area contributed by atoms with Gasteiger partial charge in [-0.2, -0.15) is 0 Å². The monoisotopic (exact) mass is 337 g/mol. The molecule has 2 aromatic carbocycles. The smallest absolute Gasteiger partial charge is 0.266 e. The van der Waals surface area contributed by atoms with Gasteiger partial charge in [-0.15, -0.1) is 0 Å². The third-order valence-corrected chi connectivity index (χ3v) is 3.91. The van der Waals surface area contributed by atoms with E-state index in [0.717, 1.165) is 11.0 Å². The molecule has 0 atom stereocenters. The van der Waals surface area contributed by atoms with Crippen LogP contribution in [0.15, 0.2) is 65.3 Å². The van der Waals surface area contributed by atoms with Crippen molar-refractivity contribution in [2.75, 3.05) is 4.90 Å². The maximum atomic E-state index is 13.8. The van der Waals surface area contributed by atoms with E-state index >= 15 is 0 Å². The normalized spacial score (nSPS) is 13.2. The van der Waals surface area contributed by atoms with Gasteiger partial charge in [-0.3, -0.25) is 9.59 Å². The molecule has 4 rings (SSSR count). The van der Waals surface area contributed by atoms with Crippen molar-refractivity contribution in [1.82, 2.24) is 0 Å². The molecule has 0 fully saturated rings. The molecule has 25 heavy (non-hydrogen) atoms. The average molecular weight is 337 g/mol. The highest BCUT2D eigenvalue weighted by atomic mass is 19.1. The Morgan fingerprint density at radius 3 is 2.32 bits per heavy atom. The summed E-state index contributed by atoms with van der Waals surface area (Å²) in [5.74, 6) is -0.801. The lowest BCUT2D eigenvalue weighted by atomic mass is 10.1. The summed E-state index contributed by atoms with van der Waals surface area (Å²) in [6, 6.07) is 13.6. The van der Waals surface area contributed by atoms with Gasteiger partial charge in [-0.25, -0.2) is 9.29 Å². The number of hydrogen-bond acceptors (Lipinski definition) is 4. The first-order chi connectivity index (χ1) is 12.1. The molecule has 0 saturated carbocycles. The van der Waals surface area contributed by atoms with E-state index in [0.29, 0.717) is 5.76 Å². The number of nitrogens with zero attached hydrogens (tertiary/aromatic N) is 1. The fraction of sp³-hybridized carbons (Fsp3) is 0.0526. The van der Waals surface area contributed by atoms with Crippen molar-refractivity contribution in [2.24, 2.45) is 0 Å². The Hall–Kier alpha value is -3.41. The van der Waals surface area contributed by atoms with Crippen LogP contribution in [-0.4, -0.2) is 11.8 Å². The van der Waals surface area contributed by atoms with Crippen LogP contribution in [0.3, 0.4) is 0 Å². The molecule has 0 aliphatic carbocycles. The number of benzene rings is 2. The Morgan fingerprint density at radius 2 is 1.68 bits per heavy atom. The first-order valence-electron chi connectivity index (χ1n) is 7.57. The maximum absolute atomic E-state index is 13.8. The molecular weight excluding hydrogens is 325 g/mol. The SMILES string of the molecule is O=C1c2ccccc2C(=O)N1c1cc(F)ccc1OCc1ccco1. The summed E-state index contributed by atoms with van der Waals surface area (Å²) >= 11 is 0. The van der Waals surface area contributed by atoms with Crippen molar-refractivity contribution < 1.29 is 23.1 Å². The first kappa shape index (κ1) is 15.1. The highest BCUT2D eigenvalue weighted by molar-refractivity contribution is 6.34. The molecule has 0 radical (unpaired) electrons. The van der Waals surface area contributed by atoms with E-state index in [1.165, 1.54) is 18.4 Å². The number of halogens is 1. The summed E-state index contributed by atoms with van der Waals surface area (Å²) in [7, 11) is 0. The molecule has 1 aromatic heterocycles. The molecule has 6 heteroatoms. The number of rotatable bonds is 4. The Bertz CT molecular complexity index is 930. The molecule has 0 bridgehead atoms. The number of imide groups is 1. The molecule has 0 saturated heterocycles. The van der Waals surface area contributed by atoms with Gasteiger partial charge in [0.1, 0.15) is 23.9 Å². The minimum absolute atomic E-state index is 0.0674. The maximum Gasteiger partial charge on any atom is 0.266 e. The van der Waals surface area contributed by atoms with Crippen LogP contribution in [-0.2, 0) is 6.61 Å². The van der Waals surface area contributed by atoms with E-state index in [9.17, 15) is 14.0 Å². The second-order valence-electron chi connectivity index (χ2n) is 5.47. The van der Waals surface area contributed by atoms with Crippen molar-refractivity contribution in [3.63, 3.8) is 0 Å². The fourth-order valence-electron chi connectivity index (χ4n) is 2.74. The summed E-state index contributed by atoms with van der Waals surface area (Å²) in [6.07, 6.45) is 1.51. The zero-order chi connectivity index (χ0) is 17.4. The van der Waals surface area contributed by atoms with Gasteiger partial charge in [0.15, 0.2) is 0 Å². The number of furan rings is 1. The number of fused-ring (bicyclic) bond motifs is 1. The van der Waals surface area contributed by atoms with Gasteiger partial charge in [0.05, 0.1) is 23.1 Å². The van der Waals surface area contributed by atoms with Crippen LogP contribution >= 0.6 is 0 Å². The number of anilines is 1. The van der Waals surface area contributed by atoms with Crippen LogP contribution in [0.5, 0.6) is 5.75 Å². The minimum Gasteiger partial charge on any atom is -0.483 e. The van der Waals surface area contributed by atoms with Crippen molar-refractivity contribution in [3.05, 3.63) is 83.6 Å². The lowest BCUT2D eigenvalue weighted by molar-refractivity contribution is 0.0924. The number of amides is 2. The molecule has 0 unspecified atom stereocenters. The van der Waals surface area contributed by atoms with Gasteiger partial charge in [-0.05, 0) is 36.4 Å². The quantitative estimate of drug-likeness (QED) is 0.680. The van der Waals surface area contributed by atoms with Gasteiger partial charge < -0.3 is 9.15 Å². The molecule has 124 valence electrons. The van der Waals surface area contributed by atoms with Crippen LogP contribution < -0.4 is 9.64 Å². The molecule has 1 aliphatic rings. The summed E-state index contributed by atoms with van der Waals surface area (Å²) in [6.45, 7) is 0.0921. The van der Waals surface area contributed by atoms with Gasteiger partial charge in [0.2, 0.25) is 0 Å². The number of carbonyl (C=O) groups is 2. The van der Waals surface area contributed by atoms with Crippen LogP contribution in [0.4, 0.5) is 10.1 Å². The Labute approximate surface area is 142 Å². The highest BCUT2D eigenvalue weighted by Gasteiger charge is 2.38. The lowest BCUT2D eigenvalue weighted by Crippen LogP contribution is -2.30. The Kier molecular flexibility index (Phi) is 3.57. The van der Waals surface area contributed by atoms with Gasteiger partial charge in [-0.1, -0.05) is 12.1 Å². The van der Waals surface area contributed by atoms with Crippen molar-refractivity contribution >= 4 is 17.5 Å². The number of hydrogen-bond donors (Lipinski definition) is 0. The molecular formula is C19H12FNO4. The van der Waals surface area contributed by atoms with Gasteiger partial charge in [0, 0.05) is 6.07 Å². The van der Waals surface area contributed by atoms with E-state index in [-0.39, 0.29) is 29.2 Å². The molecule has 0 spiro atoms. The fourth-order valence-corrected chi connectivity index (χ4v) is 2.74. The summed E-state index contributed by atoms with van der Waals surface area (Å²) in [5, 5.41) is 0. The van der Waals surface area contributed by atoms with Gasteiger partial charge >= 0.3 is 0 Å².